The Hall–Kier alpha value is -2.35. The van der Waals surface area contributed by atoms with E-state index < -0.39 is 0 Å². The molecular formula is C19H23N5O2S. The Labute approximate surface area is 162 Å². The van der Waals surface area contributed by atoms with Crippen molar-refractivity contribution in [2.75, 3.05) is 22.5 Å². The second kappa shape index (κ2) is 7.72. The summed E-state index contributed by atoms with van der Waals surface area (Å²) in [5.74, 6) is 0.859. The summed E-state index contributed by atoms with van der Waals surface area (Å²) in [5.41, 5.74) is 1.42. The molecule has 2 aromatic rings. The fourth-order valence-corrected chi connectivity index (χ4v) is 4.80. The molecule has 27 heavy (non-hydrogen) atoms. The van der Waals surface area contributed by atoms with E-state index in [1.165, 1.54) is 31.0 Å². The van der Waals surface area contributed by atoms with Gasteiger partial charge in [-0.2, -0.15) is 0 Å². The van der Waals surface area contributed by atoms with Gasteiger partial charge in [0.1, 0.15) is 12.4 Å². The standard InChI is InChI=1S/C19H23N5O2S/c1-13-21-22-19(24(13)14-7-3-2-4-8-14)27-12-18(26)23-11-17(25)20-15-9-5-6-10-16(15)23/h5-6,9-10,14H,2-4,7-8,11-12H2,1H3,(H,20,25). The summed E-state index contributed by atoms with van der Waals surface area (Å²) >= 11 is 1.41. The van der Waals surface area contributed by atoms with Crippen LogP contribution in [0.3, 0.4) is 0 Å². The van der Waals surface area contributed by atoms with Crippen molar-refractivity contribution in [2.45, 2.75) is 50.2 Å². The minimum Gasteiger partial charge on any atom is -0.323 e. The average molecular weight is 385 g/mol. The van der Waals surface area contributed by atoms with Crippen LogP contribution in [0.2, 0.25) is 0 Å². The van der Waals surface area contributed by atoms with E-state index in [0.717, 1.165) is 29.5 Å². The number of amides is 2. The molecule has 2 aliphatic rings. The van der Waals surface area contributed by atoms with Crippen molar-refractivity contribution in [3.8, 4) is 0 Å². The van der Waals surface area contributed by atoms with E-state index in [-0.39, 0.29) is 24.1 Å². The SMILES string of the molecule is Cc1nnc(SCC(=O)N2CC(=O)Nc3ccccc32)n1C1CCCCC1. The maximum atomic E-state index is 12.8. The first-order chi connectivity index (χ1) is 13.1. The van der Waals surface area contributed by atoms with Crippen molar-refractivity contribution >= 4 is 35.0 Å². The number of nitrogens with zero attached hydrogens (tertiary/aromatic N) is 4. The third-order valence-corrected chi connectivity index (χ3v) is 6.10. The first-order valence-electron chi connectivity index (χ1n) is 9.37. The first kappa shape index (κ1) is 18.0. The van der Waals surface area contributed by atoms with Crippen LogP contribution in [0.1, 0.15) is 44.0 Å². The molecule has 0 atom stereocenters. The van der Waals surface area contributed by atoms with E-state index in [0.29, 0.717) is 11.7 Å². The molecule has 1 N–H and O–H groups in total. The van der Waals surface area contributed by atoms with Gasteiger partial charge in [0.2, 0.25) is 11.8 Å². The summed E-state index contributed by atoms with van der Waals surface area (Å²) in [7, 11) is 0. The number of nitrogens with one attached hydrogen (secondary N) is 1. The van der Waals surface area contributed by atoms with Gasteiger partial charge in [0.15, 0.2) is 5.16 Å². The first-order valence-corrected chi connectivity index (χ1v) is 10.4. The van der Waals surface area contributed by atoms with Crippen LogP contribution in [0.15, 0.2) is 29.4 Å². The summed E-state index contributed by atoms with van der Waals surface area (Å²) in [6.45, 7) is 2.02. The zero-order chi connectivity index (χ0) is 18.8. The quantitative estimate of drug-likeness (QED) is 0.818. The maximum absolute atomic E-state index is 12.8. The highest BCUT2D eigenvalue weighted by atomic mass is 32.2. The molecule has 8 heteroatoms. The lowest BCUT2D eigenvalue weighted by atomic mass is 9.95. The molecule has 0 radical (unpaired) electrons. The van der Waals surface area contributed by atoms with Crippen LogP contribution in [0.25, 0.3) is 0 Å². The van der Waals surface area contributed by atoms with E-state index in [1.54, 1.807) is 4.90 Å². The molecular weight excluding hydrogens is 362 g/mol. The van der Waals surface area contributed by atoms with Crippen LogP contribution in [0.4, 0.5) is 11.4 Å². The number of anilines is 2. The van der Waals surface area contributed by atoms with Crippen LogP contribution >= 0.6 is 11.8 Å². The summed E-state index contributed by atoms with van der Waals surface area (Å²) in [5, 5.41) is 12.1. The number of rotatable bonds is 4. The van der Waals surface area contributed by atoms with E-state index in [9.17, 15) is 9.59 Å². The molecule has 1 aromatic heterocycles. The Morgan fingerprint density at radius 1 is 1.22 bits per heavy atom. The smallest absolute Gasteiger partial charge is 0.244 e. The van der Waals surface area contributed by atoms with Crippen molar-refractivity contribution in [3.05, 3.63) is 30.1 Å². The van der Waals surface area contributed by atoms with Crippen LogP contribution in [0.5, 0.6) is 0 Å². The van der Waals surface area contributed by atoms with Gasteiger partial charge in [0, 0.05) is 6.04 Å². The predicted molar refractivity (Wildman–Crippen MR) is 105 cm³/mol. The summed E-state index contributed by atoms with van der Waals surface area (Å²) in [6, 6.07) is 7.80. The van der Waals surface area contributed by atoms with Crippen LogP contribution in [-0.4, -0.2) is 38.9 Å². The largest absolute Gasteiger partial charge is 0.323 e. The monoisotopic (exact) mass is 385 g/mol. The van der Waals surface area contributed by atoms with Crippen molar-refractivity contribution < 1.29 is 9.59 Å². The number of hydrogen-bond donors (Lipinski definition) is 1. The predicted octanol–water partition coefficient (Wildman–Crippen LogP) is 3.17. The van der Waals surface area contributed by atoms with Gasteiger partial charge in [-0.05, 0) is 31.9 Å². The number of benzene rings is 1. The third kappa shape index (κ3) is 3.71. The summed E-state index contributed by atoms with van der Waals surface area (Å²) in [6.07, 6.45) is 6.02. The number of carbonyl (C=O) groups is 2. The van der Waals surface area contributed by atoms with Gasteiger partial charge < -0.3 is 14.8 Å². The third-order valence-electron chi connectivity index (χ3n) is 5.17. The minimum absolute atomic E-state index is 0.0464. The van der Waals surface area contributed by atoms with Gasteiger partial charge in [-0.15, -0.1) is 10.2 Å². The number of fused-ring (bicyclic) bond motifs is 1. The van der Waals surface area contributed by atoms with Gasteiger partial charge >= 0.3 is 0 Å². The van der Waals surface area contributed by atoms with Gasteiger partial charge in [0.25, 0.3) is 0 Å². The van der Waals surface area contributed by atoms with Gasteiger partial charge in [0.05, 0.1) is 17.1 Å². The second-order valence-corrected chi connectivity index (χ2v) is 7.97. The molecule has 7 nitrogen and oxygen atoms in total. The molecule has 0 bridgehead atoms. The second-order valence-electron chi connectivity index (χ2n) is 7.03. The molecule has 2 heterocycles. The summed E-state index contributed by atoms with van der Waals surface area (Å²) < 4.78 is 2.19. The Bertz CT molecular complexity index is 860. The number of thioether (sulfide) groups is 1. The van der Waals surface area contributed by atoms with E-state index in [1.807, 2.05) is 31.2 Å². The number of para-hydroxylation sites is 2. The number of aryl methyl sites for hydroxylation is 1. The highest BCUT2D eigenvalue weighted by Crippen LogP contribution is 2.33. The van der Waals surface area contributed by atoms with Gasteiger partial charge in [-0.1, -0.05) is 43.2 Å². The average Bonchev–Trinajstić information content (AvgIpc) is 3.06. The Morgan fingerprint density at radius 2 is 2.00 bits per heavy atom. The fourth-order valence-electron chi connectivity index (χ4n) is 3.87. The Kier molecular flexibility index (Phi) is 5.15. The molecule has 1 saturated carbocycles. The van der Waals surface area contributed by atoms with Gasteiger partial charge in [-0.25, -0.2) is 0 Å². The molecule has 1 aromatic carbocycles. The van der Waals surface area contributed by atoms with Crippen molar-refractivity contribution in [3.63, 3.8) is 0 Å². The molecule has 2 amide bonds. The molecule has 1 aliphatic heterocycles. The van der Waals surface area contributed by atoms with Crippen LogP contribution < -0.4 is 10.2 Å². The van der Waals surface area contributed by atoms with E-state index in [2.05, 4.69) is 20.1 Å². The lowest BCUT2D eigenvalue weighted by Gasteiger charge is -2.29. The lowest BCUT2D eigenvalue weighted by Crippen LogP contribution is -2.43. The molecule has 1 fully saturated rings. The number of hydrogen-bond acceptors (Lipinski definition) is 5. The van der Waals surface area contributed by atoms with Crippen molar-refractivity contribution in [1.82, 2.24) is 14.8 Å². The number of carbonyl (C=O) groups excluding carboxylic acids is 2. The maximum Gasteiger partial charge on any atom is 0.244 e. The van der Waals surface area contributed by atoms with Gasteiger partial charge in [-0.3, -0.25) is 9.59 Å². The molecule has 0 spiro atoms. The van der Waals surface area contributed by atoms with E-state index >= 15 is 0 Å². The fraction of sp³-hybridized carbons (Fsp3) is 0.474. The van der Waals surface area contributed by atoms with Crippen molar-refractivity contribution in [1.29, 1.82) is 0 Å². The lowest BCUT2D eigenvalue weighted by molar-refractivity contribution is -0.120. The Morgan fingerprint density at radius 3 is 2.81 bits per heavy atom. The molecule has 4 rings (SSSR count). The zero-order valence-corrected chi connectivity index (χ0v) is 16.2. The zero-order valence-electron chi connectivity index (χ0n) is 15.4. The molecule has 142 valence electrons. The molecule has 0 saturated heterocycles. The number of aromatic nitrogens is 3. The normalized spacial score (nSPS) is 17.5. The van der Waals surface area contributed by atoms with Crippen LogP contribution in [0, 0.1) is 6.92 Å². The van der Waals surface area contributed by atoms with Crippen molar-refractivity contribution in [2.24, 2.45) is 0 Å². The van der Waals surface area contributed by atoms with E-state index in [4.69, 9.17) is 0 Å². The highest BCUT2D eigenvalue weighted by molar-refractivity contribution is 7.99. The molecule has 1 aliphatic carbocycles. The van der Waals surface area contributed by atoms with Crippen LogP contribution in [-0.2, 0) is 9.59 Å². The summed E-state index contributed by atoms with van der Waals surface area (Å²) in [4.78, 5) is 26.3. The highest BCUT2D eigenvalue weighted by Gasteiger charge is 2.27. The molecule has 0 unspecified atom stereocenters. The minimum atomic E-state index is -0.173. The Balaban J connectivity index is 1.48. The topological polar surface area (TPSA) is 80.1 Å².